The molecule has 196 valence electrons. The Hall–Kier alpha value is -2.86. The molecule has 0 saturated heterocycles. The fraction of sp³-hybridized carbons (Fsp3) is 0.548. The van der Waals surface area contributed by atoms with Crippen LogP contribution in [0.5, 0.6) is 5.75 Å². The molecule has 0 aromatic heterocycles. The minimum atomic E-state index is -2.50. The maximum Gasteiger partial charge on any atom is 0.192 e. The number of aromatic hydroxyl groups is 1. The highest BCUT2D eigenvalue weighted by molar-refractivity contribution is 6.27. The first-order chi connectivity index (χ1) is 17.2. The van der Waals surface area contributed by atoms with Gasteiger partial charge in [-0.25, -0.2) is 0 Å². The quantitative estimate of drug-likeness (QED) is 0.458. The molecule has 0 spiro atoms. The van der Waals surface area contributed by atoms with Crippen LogP contribution in [0, 0.1) is 28.6 Å². The number of phenols is 1. The van der Waals surface area contributed by atoms with E-state index >= 15 is 0 Å². The van der Waals surface area contributed by atoms with Crippen LogP contribution in [0.25, 0.3) is 0 Å². The van der Waals surface area contributed by atoms with Crippen LogP contribution in [0.1, 0.15) is 88.2 Å². The van der Waals surface area contributed by atoms with Crippen molar-refractivity contribution in [2.45, 2.75) is 78.7 Å². The normalized spacial score (nSPS) is 37.1. The average Bonchev–Trinajstić information content (AvgIpc) is 3.30. The van der Waals surface area contributed by atoms with Crippen molar-refractivity contribution in [3.8, 4) is 5.75 Å². The Kier molecular flexibility index (Phi) is 5.62. The van der Waals surface area contributed by atoms with Crippen LogP contribution in [0.3, 0.4) is 0 Å². The number of aliphatic hydroxyl groups is 1. The van der Waals surface area contributed by atoms with Gasteiger partial charge in [0.15, 0.2) is 23.0 Å². The summed E-state index contributed by atoms with van der Waals surface area (Å²) >= 11 is 0. The fourth-order valence-corrected chi connectivity index (χ4v) is 8.60. The van der Waals surface area contributed by atoms with Crippen molar-refractivity contribution in [1.29, 1.82) is 0 Å². The smallest absolute Gasteiger partial charge is 0.192 e. The number of benzene rings is 1. The Balaban J connectivity index is 1.75. The van der Waals surface area contributed by atoms with E-state index in [1.807, 2.05) is 26.8 Å². The predicted octanol–water partition coefficient (Wildman–Crippen LogP) is 4.66. The van der Waals surface area contributed by atoms with E-state index in [2.05, 4.69) is 12.2 Å². The van der Waals surface area contributed by atoms with Gasteiger partial charge in [0.05, 0.1) is 11.5 Å². The van der Waals surface area contributed by atoms with E-state index < -0.39 is 51.4 Å². The van der Waals surface area contributed by atoms with Gasteiger partial charge < -0.3 is 10.2 Å². The zero-order valence-corrected chi connectivity index (χ0v) is 22.5. The van der Waals surface area contributed by atoms with Crippen LogP contribution in [0.4, 0.5) is 0 Å². The molecule has 1 saturated carbocycles. The number of carbonyl (C=O) groups excluding carboxylic acids is 4. The van der Waals surface area contributed by atoms with Crippen molar-refractivity contribution >= 4 is 23.1 Å². The summed E-state index contributed by atoms with van der Waals surface area (Å²) in [5.74, 6) is -5.33. The van der Waals surface area contributed by atoms with E-state index in [9.17, 15) is 29.4 Å². The van der Waals surface area contributed by atoms with Crippen LogP contribution in [-0.4, -0.2) is 38.9 Å². The lowest BCUT2D eigenvalue weighted by molar-refractivity contribution is -0.183. The molecular formula is C31H36O6. The van der Waals surface area contributed by atoms with E-state index in [0.717, 1.165) is 29.5 Å². The zero-order valence-electron chi connectivity index (χ0n) is 22.5. The highest BCUT2D eigenvalue weighted by atomic mass is 16.3. The molecule has 6 atom stereocenters. The van der Waals surface area contributed by atoms with Crippen LogP contribution in [-0.2, 0) is 20.8 Å². The summed E-state index contributed by atoms with van der Waals surface area (Å²) in [6.07, 6.45) is 6.71. The third-order valence-electron chi connectivity index (χ3n) is 9.76. The number of allylic oxidation sites excluding steroid dienone is 3. The van der Waals surface area contributed by atoms with E-state index in [-0.39, 0.29) is 29.6 Å². The molecule has 3 unspecified atom stereocenters. The van der Waals surface area contributed by atoms with Gasteiger partial charge in [-0.3, -0.25) is 19.2 Å². The van der Waals surface area contributed by atoms with Gasteiger partial charge in [0.2, 0.25) is 0 Å². The van der Waals surface area contributed by atoms with Crippen LogP contribution < -0.4 is 0 Å². The predicted molar refractivity (Wildman–Crippen MR) is 138 cm³/mol. The number of rotatable bonds is 3. The average molecular weight is 505 g/mol. The summed E-state index contributed by atoms with van der Waals surface area (Å²) in [5, 5.41) is 22.9. The van der Waals surface area contributed by atoms with Crippen molar-refractivity contribution in [2.24, 2.45) is 28.6 Å². The molecule has 2 N–H and O–H groups in total. The molecule has 0 heterocycles. The van der Waals surface area contributed by atoms with Crippen molar-refractivity contribution in [2.75, 3.05) is 0 Å². The molecule has 4 aliphatic rings. The van der Waals surface area contributed by atoms with E-state index in [1.165, 1.54) is 13.0 Å². The molecule has 1 aromatic carbocycles. The topological polar surface area (TPSA) is 109 Å². The first-order valence-electron chi connectivity index (χ1n) is 13.3. The van der Waals surface area contributed by atoms with Gasteiger partial charge in [-0.2, -0.15) is 0 Å². The second-order valence-corrected chi connectivity index (χ2v) is 12.5. The maximum absolute atomic E-state index is 14.3. The largest absolute Gasteiger partial charge is 0.507 e. The third kappa shape index (κ3) is 3.14. The van der Waals surface area contributed by atoms with E-state index in [4.69, 9.17) is 0 Å². The zero-order chi connectivity index (χ0) is 27.2. The highest BCUT2D eigenvalue weighted by Gasteiger charge is 2.73. The van der Waals surface area contributed by atoms with Crippen molar-refractivity contribution in [3.63, 3.8) is 0 Å². The molecule has 5 rings (SSSR count). The van der Waals surface area contributed by atoms with Gasteiger partial charge in [-0.05, 0) is 68.1 Å². The number of phenolic OH excluding ortho intramolecular Hbond substituents is 1. The third-order valence-corrected chi connectivity index (χ3v) is 9.76. The standard InChI is InChI=1S/C31H36O6/c1-15(2)24-16(3)22(17(4)32)27(35)31(37)28(36)25-26(34)23-20(13-29(25,5)14-30(24,31)6)19(11-12-21(23)33)18-9-7-8-10-18/h7,9,11-12,15,18,22,25,33,37H,8,10,13-14H2,1-6H3/t18?,22?,25?,29-,30-,31+/m0/s1. The summed E-state index contributed by atoms with van der Waals surface area (Å²) in [6, 6.07) is 3.38. The lowest BCUT2D eigenvalue weighted by Gasteiger charge is -2.60. The van der Waals surface area contributed by atoms with Crippen LogP contribution in [0.15, 0.2) is 35.4 Å². The fourth-order valence-electron chi connectivity index (χ4n) is 8.60. The maximum atomic E-state index is 14.3. The molecule has 37 heavy (non-hydrogen) atoms. The minimum absolute atomic E-state index is 0.128. The summed E-state index contributed by atoms with van der Waals surface area (Å²) < 4.78 is 0. The molecular weight excluding hydrogens is 468 g/mol. The first-order valence-corrected chi connectivity index (χ1v) is 13.3. The summed E-state index contributed by atoms with van der Waals surface area (Å²) in [5.41, 5.74) is -1.42. The summed E-state index contributed by atoms with van der Waals surface area (Å²) in [6.45, 7) is 10.6. The molecule has 0 radical (unpaired) electrons. The number of hydrogen-bond acceptors (Lipinski definition) is 6. The molecule has 0 bridgehead atoms. The Labute approximate surface area is 217 Å². The van der Waals surface area contributed by atoms with Crippen molar-refractivity contribution in [3.05, 3.63) is 52.1 Å². The van der Waals surface area contributed by atoms with E-state index in [1.54, 1.807) is 13.8 Å². The summed E-state index contributed by atoms with van der Waals surface area (Å²) in [7, 11) is 0. The van der Waals surface area contributed by atoms with Crippen LogP contribution in [0.2, 0.25) is 0 Å². The second-order valence-electron chi connectivity index (χ2n) is 12.5. The summed E-state index contributed by atoms with van der Waals surface area (Å²) in [4.78, 5) is 54.9. The van der Waals surface area contributed by atoms with Crippen LogP contribution >= 0.6 is 0 Å². The van der Waals surface area contributed by atoms with Gasteiger partial charge >= 0.3 is 0 Å². The Morgan fingerprint density at radius 1 is 1.11 bits per heavy atom. The molecule has 1 fully saturated rings. The highest BCUT2D eigenvalue weighted by Crippen LogP contribution is 2.64. The number of Topliss-reactive ketones (excluding diaryl/α,β-unsaturated/α-hetero) is 4. The van der Waals surface area contributed by atoms with Crippen molar-refractivity contribution in [1.82, 2.24) is 0 Å². The van der Waals surface area contributed by atoms with Gasteiger partial charge in [-0.1, -0.05) is 57.1 Å². The van der Waals surface area contributed by atoms with Gasteiger partial charge in [0, 0.05) is 11.3 Å². The number of carbonyl (C=O) groups is 4. The lowest BCUT2D eigenvalue weighted by atomic mass is 9.41. The van der Waals surface area contributed by atoms with Gasteiger partial charge in [-0.15, -0.1) is 0 Å². The number of fused-ring (bicyclic) bond motifs is 3. The SMILES string of the molecule is CC(=O)C1C(=O)[C@@]2(O)C(=O)C3C(=O)c4c(O)ccc(C5C=CCC5)c4C[C@@]3(C)C[C@@]2(C)C(C(C)C)=C1C. The molecule has 6 heteroatoms. The molecule has 6 nitrogen and oxygen atoms in total. The molecule has 1 aromatic rings. The van der Waals surface area contributed by atoms with Crippen molar-refractivity contribution < 1.29 is 29.4 Å². The molecule has 0 aliphatic heterocycles. The molecule has 4 aliphatic carbocycles. The Morgan fingerprint density at radius 2 is 1.78 bits per heavy atom. The monoisotopic (exact) mass is 504 g/mol. The number of hydrogen-bond donors (Lipinski definition) is 2. The second kappa shape index (κ2) is 8.07. The molecule has 0 amide bonds. The Bertz CT molecular complexity index is 1330. The first kappa shape index (κ1) is 25.8. The lowest BCUT2D eigenvalue weighted by Crippen LogP contribution is -2.73. The minimum Gasteiger partial charge on any atom is -0.507 e. The van der Waals surface area contributed by atoms with E-state index in [0.29, 0.717) is 12.0 Å². The van der Waals surface area contributed by atoms with Gasteiger partial charge in [0.1, 0.15) is 17.5 Å². The van der Waals surface area contributed by atoms with Gasteiger partial charge in [0.25, 0.3) is 0 Å². The Morgan fingerprint density at radius 3 is 2.35 bits per heavy atom. The number of ketones is 4.